The first-order valence-corrected chi connectivity index (χ1v) is 9.51. The van der Waals surface area contributed by atoms with Crippen molar-refractivity contribution in [3.63, 3.8) is 0 Å². The minimum Gasteiger partial charge on any atom is -0.0654 e. The molecule has 0 aromatic heterocycles. The van der Waals surface area contributed by atoms with Crippen LogP contribution >= 0.6 is 0 Å². The average Bonchev–Trinajstić information content (AvgIpc) is 2.65. The molecule has 0 bridgehead atoms. The molecular formula is C25H28. The van der Waals surface area contributed by atoms with E-state index in [9.17, 15) is 0 Å². The van der Waals surface area contributed by atoms with Gasteiger partial charge in [-0.2, -0.15) is 0 Å². The second-order valence-electron chi connectivity index (χ2n) is 6.45. The van der Waals surface area contributed by atoms with Gasteiger partial charge < -0.3 is 0 Å². The fraction of sp³-hybridized carbons (Fsp3) is 0.360. The second-order valence-corrected chi connectivity index (χ2v) is 6.45. The van der Waals surface area contributed by atoms with Crippen LogP contribution in [-0.2, 0) is 12.8 Å². The van der Waals surface area contributed by atoms with Crippen molar-refractivity contribution in [1.82, 2.24) is 0 Å². The Bertz CT molecular complexity index is 740. The minimum absolute atomic E-state index is 1.02. The van der Waals surface area contributed by atoms with E-state index in [-0.39, 0.29) is 0 Å². The Balaban J connectivity index is 1.87. The van der Waals surface area contributed by atoms with Crippen LogP contribution in [0.3, 0.4) is 0 Å². The van der Waals surface area contributed by atoms with Gasteiger partial charge in [-0.3, -0.25) is 0 Å². The third kappa shape index (κ3) is 7.32. The molecule has 0 radical (unpaired) electrons. The van der Waals surface area contributed by atoms with E-state index < -0.39 is 0 Å². The Hall–Kier alpha value is -2.44. The van der Waals surface area contributed by atoms with Crippen LogP contribution < -0.4 is 0 Å². The van der Waals surface area contributed by atoms with Crippen molar-refractivity contribution in [3.8, 4) is 23.7 Å². The van der Waals surface area contributed by atoms with Crippen molar-refractivity contribution in [3.05, 3.63) is 70.8 Å². The zero-order chi connectivity index (χ0) is 17.7. The highest BCUT2D eigenvalue weighted by molar-refractivity contribution is 5.45. The summed E-state index contributed by atoms with van der Waals surface area (Å²) in [4.78, 5) is 0. The lowest BCUT2D eigenvalue weighted by Crippen LogP contribution is -1.86. The molecule has 0 heterocycles. The van der Waals surface area contributed by atoms with Gasteiger partial charge >= 0.3 is 0 Å². The number of benzene rings is 2. The lowest BCUT2D eigenvalue weighted by molar-refractivity contribution is 0.667. The Kier molecular flexibility index (Phi) is 8.44. The third-order valence-corrected chi connectivity index (χ3v) is 4.24. The number of hydrogen-bond donors (Lipinski definition) is 0. The topological polar surface area (TPSA) is 0 Å². The number of hydrogen-bond acceptors (Lipinski definition) is 0. The molecule has 128 valence electrons. The monoisotopic (exact) mass is 328 g/mol. The van der Waals surface area contributed by atoms with Gasteiger partial charge in [0.15, 0.2) is 0 Å². The van der Waals surface area contributed by atoms with Gasteiger partial charge in [-0.15, -0.1) is 0 Å². The normalized spacial score (nSPS) is 9.68. The number of rotatable bonds is 7. The zero-order valence-corrected chi connectivity index (χ0v) is 15.6. The Labute approximate surface area is 153 Å². The quantitative estimate of drug-likeness (QED) is 0.421. The first-order valence-electron chi connectivity index (χ1n) is 9.51. The summed E-state index contributed by atoms with van der Waals surface area (Å²) in [5.74, 6) is 12.2. The molecular weight excluding hydrogens is 300 g/mol. The molecule has 0 nitrogen and oxygen atoms in total. The molecule has 2 aromatic rings. The van der Waals surface area contributed by atoms with Gasteiger partial charge in [-0.25, -0.2) is 0 Å². The molecule has 0 aliphatic heterocycles. The fourth-order valence-electron chi connectivity index (χ4n) is 2.76. The van der Waals surface area contributed by atoms with E-state index in [4.69, 9.17) is 0 Å². The average molecular weight is 328 g/mol. The summed E-state index contributed by atoms with van der Waals surface area (Å²) in [6, 6.07) is 17.0. The van der Waals surface area contributed by atoms with E-state index in [0.717, 1.165) is 17.5 Å². The van der Waals surface area contributed by atoms with Crippen LogP contribution in [0.1, 0.15) is 68.2 Å². The molecule has 0 spiro atoms. The molecule has 0 aliphatic carbocycles. The van der Waals surface area contributed by atoms with Crippen molar-refractivity contribution >= 4 is 0 Å². The molecule has 0 unspecified atom stereocenters. The van der Waals surface area contributed by atoms with Crippen LogP contribution in [0, 0.1) is 23.7 Å². The summed E-state index contributed by atoms with van der Waals surface area (Å²) in [7, 11) is 0. The summed E-state index contributed by atoms with van der Waals surface area (Å²) in [6.45, 7) is 4.44. The highest BCUT2D eigenvalue weighted by atomic mass is 14.0. The van der Waals surface area contributed by atoms with Crippen molar-refractivity contribution in [2.45, 2.75) is 58.8 Å². The molecule has 2 rings (SSSR count). The maximum absolute atomic E-state index is 3.13. The SMILES string of the molecule is CCCCCCc1ccc(C#CC#Cc2ccc(CCC)cc2)cc1. The predicted octanol–water partition coefficient (Wildman–Crippen LogP) is 6.17. The van der Waals surface area contributed by atoms with E-state index >= 15 is 0 Å². The molecule has 25 heavy (non-hydrogen) atoms. The summed E-state index contributed by atoms with van der Waals surface area (Å²) >= 11 is 0. The van der Waals surface area contributed by atoms with Gasteiger partial charge in [-0.1, -0.05) is 75.6 Å². The first-order chi connectivity index (χ1) is 12.3. The molecule has 0 saturated carbocycles. The van der Waals surface area contributed by atoms with E-state index in [1.54, 1.807) is 0 Å². The zero-order valence-electron chi connectivity index (χ0n) is 15.6. The fourth-order valence-corrected chi connectivity index (χ4v) is 2.76. The Morgan fingerprint density at radius 2 is 1.08 bits per heavy atom. The first kappa shape index (κ1) is 18.9. The number of aryl methyl sites for hydroxylation is 2. The lowest BCUT2D eigenvalue weighted by atomic mass is 10.0. The van der Waals surface area contributed by atoms with Crippen molar-refractivity contribution < 1.29 is 0 Å². The summed E-state index contributed by atoms with van der Waals surface area (Å²) < 4.78 is 0. The van der Waals surface area contributed by atoms with Crippen LogP contribution in [0.4, 0.5) is 0 Å². The molecule has 0 saturated heterocycles. The van der Waals surface area contributed by atoms with Gasteiger partial charge in [0.25, 0.3) is 0 Å². The van der Waals surface area contributed by atoms with E-state index in [1.807, 2.05) is 0 Å². The third-order valence-electron chi connectivity index (χ3n) is 4.24. The van der Waals surface area contributed by atoms with Gasteiger partial charge in [0.05, 0.1) is 0 Å². The molecule has 0 heteroatoms. The van der Waals surface area contributed by atoms with Gasteiger partial charge in [0.2, 0.25) is 0 Å². The predicted molar refractivity (Wildman–Crippen MR) is 108 cm³/mol. The van der Waals surface area contributed by atoms with Crippen molar-refractivity contribution in [1.29, 1.82) is 0 Å². The smallest absolute Gasteiger partial charge is 0.0255 e. The second kappa shape index (κ2) is 11.2. The minimum atomic E-state index is 1.02. The van der Waals surface area contributed by atoms with Gasteiger partial charge in [-0.05, 0) is 66.5 Å². The molecule has 0 N–H and O–H groups in total. The van der Waals surface area contributed by atoms with Gasteiger partial charge in [0.1, 0.15) is 0 Å². The highest BCUT2D eigenvalue weighted by Gasteiger charge is 1.94. The van der Waals surface area contributed by atoms with Gasteiger partial charge in [0, 0.05) is 11.1 Å². The van der Waals surface area contributed by atoms with E-state index in [2.05, 4.69) is 86.1 Å². The lowest BCUT2D eigenvalue weighted by Gasteiger charge is -2.01. The van der Waals surface area contributed by atoms with Crippen LogP contribution in [-0.4, -0.2) is 0 Å². The van der Waals surface area contributed by atoms with E-state index in [1.165, 1.54) is 49.7 Å². The van der Waals surface area contributed by atoms with Crippen molar-refractivity contribution in [2.75, 3.05) is 0 Å². The van der Waals surface area contributed by atoms with Crippen LogP contribution in [0.5, 0.6) is 0 Å². The summed E-state index contributed by atoms with van der Waals surface area (Å²) in [6.07, 6.45) is 8.70. The van der Waals surface area contributed by atoms with Crippen LogP contribution in [0.2, 0.25) is 0 Å². The summed E-state index contributed by atoms with van der Waals surface area (Å²) in [5.41, 5.74) is 4.83. The molecule has 0 aliphatic rings. The Morgan fingerprint density at radius 3 is 1.56 bits per heavy atom. The summed E-state index contributed by atoms with van der Waals surface area (Å²) in [5, 5.41) is 0. The number of unbranched alkanes of at least 4 members (excludes halogenated alkanes) is 3. The Morgan fingerprint density at radius 1 is 0.560 bits per heavy atom. The van der Waals surface area contributed by atoms with Crippen molar-refractivity contribution in [2.24, 2.45) is 0 Å². The van der Waals surface area contributed by atoms with Crippen LogP contribution in [0.25, 0.3) is 0 Å². The van der Waals surface area contributed by atoms with E-state index in [0.29, 0.717) is 0 Å². The van der Waals surface area contributed by atoms with Crippen LogP contribution in [0.15, 0.2) is 48.5 Å². The highest BCUT2D eigenvalue weighted by Crippen LogP contribution is 2.09. The molecule has 0 atom stereocenters. The maximum Gasteiger partial charge on any atom is 0.0255 e. The molecule has 0 fully saturated rings. The standard InChI is InChI=1S/C25H28/c1-3-5-6-7-11-23-18-20-25(21-19-23)13-9-8-12-24-16-14-22(10-4-2)15-17-24/h14-21H,3-7,10-11H2,1-2H3. The molecule has 2 aromatic carbocycles. The molecule has 0 amide bonds. The maximum atomic E-state index is 3.13. The largest absolute Gasteiger partial charge is 0.0654 e.